The van der Waals surface area contributed by atoms with Gasteiger partial charge in [0.2, 0.25) is 6.29 Å². The number of carbonyl (C=O) groups is 2. The van der Waals surface area contributed by atoms with Crippen LogP contribution in [-0.2, 0) is 16.1 Å². The first-order chi connectivity index (χ1) is 7.04. The van der Waals surface area contributed by atoms with Crippen LogP contribution >= 0.6 is 15.9 Å². The highest BCUT2D eigenvalue weighted by Crippen LogP contribution is 2.16. The maximum atomic E-state index is 13.3. The molecule has 0 spiro atoms. The fraction of sp³-hybridized carbons (Fsp3) is 0.200. The molecule has 0 fully saturated rings. The SMILES string of the molecule is CN(Cc1cc(Br)ccc1F)C(=O)C=O. The lowest BCUT2D eigenvalue weighted by Crippen LogP contribution is -2.27. The van der Waals surface area contributed by atoms with E-state index in [1.807, 2.05) is 0 Å². The molecular formula is C10H9BrFNO2. The first kappa shape index (κ1) is 11.8. The average molecular weight is 274 g/mol. The van der Waals surface area contributed by atoms with Crippen LogP contribution in [0.1, 0.15) is 5.56 Å². The summed E-state index contributed by atoms with van der Waals surface area (Å²) in [6.07, 6.45) is 0.204. The molecule has 0 aliphatic heterocycles. The molecule has 0 saturated carbocycles. The third kappa shape index (κ3) is 3.13. The summed E-state index contributed by atoms with van der Waals surface area (Å²) in [4.78, 5) is 22.3. The Hall–Kier alpha value is -1.23. The summed E-state index contributed by atoms with van der Waals surface area (Å²) in [5, 5.41) is 0. The predicted octanol–water partition coefficient (Wildman–Crippen LogP) is 1.75. The number of amides is 1. The van der Waals surface area contributed by atoms with Gasteiger partial charge in [-0.1, -0.05) is 15.9 Å². The number of likely N-dealkylation sites (N-methyl/N-ethyl adjacent to an activating group) is 1. The van der Waals surface area contributed by atoms with Gasteiger partial charge in [-0.15, -0.1) is 0 Å². The van der Waals surface area contributed by atoms with Crippen LogP contribution in [0.25, 0.3) is 0 Å². The third-order valence-electron chi connectivity index (χ3n) is 1.89. The molecule has 0 saturated heterocycles. The molecule has 0 aliphatic carbocycles. The van der Waals surface area contributed by atoms with Crippen molar-refractivity contribution in [3.63, 3.8) is 0 Å². The summed E-state index contributed by atoms with van der Waals surface area (Å²) in [7, 11) is 1.44. The van der Waals surface area contributed by atoms with Gasteiger partial charge >= 0.3 is 0 Å². The highest BCUT2D eigenvalue weighted by Gasteiger charge is 2.10. The number of aldehydes is 1. The molecule has 0 unspecified atom stereocenters. The quantitative estimate of drug-likeness (QED) is 0.622. The Morgan fingerprint density at radius 2 is 2.27 bits per heavy atom. The smallest absolute Gasteiger partial charge is 0.286 e. The molecule has 80 valence electrons. The molecule has 0 atom stereocenters. The van der Waals surface area contributed by atoms with Crippen LogP contribution < -0.4 is 0 Å². The molecule has 0 heterocycles. The lowest BCUT2D eigenvalue weighted by Gasteiger charge is -2.14. The van der Waals surface area contributed by atoms with E-state index in [9.17, 15) is 14.0 Å². The third-order valence-corrected chi connectivity index (χ3v) is 2.39. The molecule has 1 rings (SSSR count). The fourth-order valence-corrected chi connectivity index (χ4v) is 1.50. The van der Waals surface area contributed by atoms with Gasteiger partial charge in [0.25, 0.3) is 5.91 Å². The van der Waals surface area contributed by atoms with Crippen molar-refractivity contribution in [1.82, 2.24) is 4.90 Å². The molecular weight excluding hydrogens is 265 g/mol. The second-order valence-electron chi connectivity index (χ2n) is 3.05. The summed E-state index contributed by atoms with van der Waals surface area (Å²) < 4.78 is 14.0. The predicted molar refractivity (Wildman–Crippen MR) is 56.6 cm³/mol. The molecule has 0 radical (unpaired) electrons. The van der Waals surface area contributed by atoms with Crippen LogP contribution in [0.3, 0.4) is 0 Å². The maximum absolute atomic E-state index is 13.3. The second-order valence-corrected chi connectivity index (χ2v) is 3.96. The molecule has 0 bridgehead atoms. The van der Waals surface area contributed by atoms with E-state index >= 15 is 0 Å². The summed E-state index contributed by atoms with van der Waals surface area (Å²) in [6.45, 7) is 0.0723. The first-order valence-corrected chi connectivity index (χ1v) is 4.98. The minimum absolute atomic E-state index is 0.0723. The van der Waals surface area contributed by atoms with E-state index in [0.717, 1.165) is 9.37 Å². The minimum atomic E-state index is -0.672. The van der Waals surface area contributed by atoms with E-state index < -0.39 is 11.7 Å². The number of rotatable bonds is 3. The highest BCUT2D eigenvalue weighted by molar-refractivity contribution is 9.10. The van der Waals surface area contributed by atoms with Gasteiger partial charge < -0.3 is 4.90 Å². The zero-order valence-corrected chi connectivity index (χ0v) is 9.62. The number of hydrogen-bond donors (Lipinski definition) is 0. The fourth-order valence-electron chi connectivity index (χ4n) is 1.09. The molecule has 0 aromatic heterocycles. The zero-order valence-electron chi connectivity index (χ0n) is 8.04. The Morgan fingerprint density at radius 1 is 1.60 bits per heavy atom. The Bertz CT molecular complexity index is 395. The molecule has 1 aromatic carbocycles. The van der Waals surface area contributed by atoms with Crippen molar-refractivity contribution in [2.24, 2.45) is 0 Å². The van der Waals surface area contributed by atoms with E-state index in [1.165, 1.54) is 13.1 Å². The number of carbonyl (C=O) groups excluding carboxylic acids is 2. The lowest BCUT2D eigenvalue weighted by atomic mass is 10.2. The van der Waals surface area contributed by atoms with E-state index in [4.69, 9.17) is 0 Å². The van der Waals surface area contributed by atoms with Gasteiger partial charge in [0.05, 0.1) is 0 Å². The van der Waals surface area contributed by atoms with Crippen LogP contribution in [0.4, 0.5) is 4.39 Å². The van der Waals surface area contributed by atoms with Crippen molar-refractivity contribution in [2.75, 3.05) is 7.05 Å². The van der Waals surface area contributed by atoms with Crippen LogP contribution in [0.15, 0.2) is 22.7 Å². The number of nitrogens with zero attached hydrogens (tertiary/aromatic N) is 1. The first-order valence-electron chi connectivity index (χ1n) is 4.19. The standard InChI is InChI=1S/C10H9BrFNO2/c1-13(10(15)6-14)5-7-4-8(11)2-3-9(7)12/h2-4,6H,5H2,1H3. The number of halogens is 2. The summed E-state index contributed by atoms with van der Waals surface area (Å²) in [6, 6.07) is 4.45. The van der Waals surface area contributed by atoms with Gasteiger partial charge in [-0.25, -0.2) is 4.39 Å². The second kappa shape index (κ2) is 5.02. The summed E-state index contributed by atoms with van der Waals surface area (Å²) >= 11 is 3.20. The van der Waals surface area contributed by atoms with E-state index in [2.05, 4.69) is 15.9 Å². The van der Waals surface area contributed by atoms with Crippen LogP contribution in [0.2, 0.25) is 0 Å². The van der Waals surface area contributed by atoms with E-state index in [1.54, 1.807) is 12.1 Å². The van der Waals surface area contributed by atoms with Crippen LogP contribution in [0, 0.1) is 5.82 Å². The molecule has 15 heavy (non-hydrogen) atoms. The molecule has 0 aliphatic rings. The van der Waals surface area contributed by atoms with Crippen molar-refractivity contribution in [1.29, 1.82) is 0 Å². The Balaban J connectivity index is 2.84. The van der Waals surface area contributed by atoms with E-state index in [-0.39, 0.29) is 12.8 Å². The minimum Gasteiger partial charge on any atom is -0.335 e. The van der Waals surface area contributed by atoms with Crippen molar-refractivity contribution in [3.8, 4) is 0 Å². The summed E-state index contributed by atoms with van der Waals surface area (Å²) in [5.74, 6) is -1.07. The number of hydrogen-bond acceptors (Lipinski definition) is 2. The van der Waals surface area contributed by atoms with Gasteiger partial charge in [-0.3, -0.25) is 9.59 Å². The Labute approximate surface area is 95.0 Å². The van der Waals surface area contributed by atoms with Gasteiger partial charge in [0.15, 0.2) is 0 Å². The van der Waals surface area contributed by atoms with Crippen LogP contribution in [0.5, 0.6) is 0 Å². The largest absolute Gasteiger partial charge is 0.335 e. The maximum Gasteiger partial charge on any atom is 0.286 e. The molecule has 3 nitrogen and oxygen atoms in total. The van der Waals surface area contributed by atoms with Crippen molar-refractivity contribution >= 4 is 28.1 Å². The Morgan fingerprint density at radius 3 is 2.87 bits per heavy atom. The molecule has 0 N–H and O–H groups in total. The van der Waals surface area contributed by atoms with E-state index in [0.29, 0.717) is 5.56 Å². The zero-order chi connectivity index (χ0) is 11.4. The Kier molecular flexibility index (Phi) is 3.96. The molecule has 5 heteroatoms. The van der Waals surface area contributed by atoms with Crippen molar-refractivity contribution in [3.05, 3.63) is 34.1 Å². The average Bonchev–Trinajstić information content (AvgIpc) is 2.22. The van der Waals surface area contributed by atoms with Crippen molar-refractivity contribution in [2.45, 2.75) is 6.54 Å². The van der Waals surface area contributed by atoms with Crippen molar-refractivity contribution < 1.29 is 14.0 Å². The topological polar surface area (TPSA) is 37.4 Å². The number of benzene rings is 1. The van der Waals surface area contributed by atoms with Gasteiger partial charge in [-0.05, 0) is 18.2 Å². The van der Waals surface area contributed by atoms with Gasteiger partial charge in [-0.2, -0.15) is 0 Å². The van der Waals surface area contributed by atoms with Crippen LogP contribution in [-0.4, -0.2) is 24.1 Å². The lowest BCUT2D eigenvalue weighted by molar-refractivity contribution is -0.138. The summed E-state index contributed by atoms with van der Waals surface area (Å²) in [5.41, 5.74) is 0.363. The molecule has 1 aromatic rings. The van der Waals surface area contributed by atoms with Gasteiger partial charge in [0, 0.05) is 23.6 Å². The normalized spacial score (nSPS) is 9.80. The highest BCUT2D eigenvalue weighted by atomic mass is 79.9. The monoisotopic (exact) mass is 273 g/mol. The molecule has 1 amide bonds. The van der Waals surface area contributed by atoms with Gasteiger partial charge in [0.1, 0.15) is 5.82 Å².